The van der Waals surface area contributed by atoms with Gasteiger partial charge in [0.2, 0.25) is 0 Å². The number of hydrogen-bond donors (Lipinski definition) is 0. The van der Waals surface area contributed by atoms with Crippen molar-refractivity contribution in [1.29, 1.82) is 0 Å². The fourth-order valence-corrected chi connectivity index (χ4v) is 3.96. The molecule has 0 aromatic rings. The maximum absolute atomic E-state index is 8.37. The van der Waals surface area contributed by atoms with Crippen LogP contribution in [0.25, 0.3) is 5.41 Å². The van der Waals surface area contributed by atoms with E-state index in [1.807, 2.05) is 12.3 Å². The van der Waals surface area contributed by atoms with Crippen LogP contribution in [0.3, 0.4) is 0 Å². The minimum Gasteiger partial charge on any atom is -0.422 e. The molecule has 0 N–H and O–H groups in total. The molecule has 66 valence electrons. The molecule has 0 aromatic carbocycles. The minimum atomic E-state index is 0.414. The van der Waals surface area contributed by atoms with Gasteiger partial charge in [0, 0.05) is 15.9 Å². The highest BCUT2D eigenvalue weighted by Crippen LogP contribution is 2.21. The Morgan fingerprint density at radius 3 is 2.75 bits per heavy atom. The normalized spacial score (nSPS) is 19.2. The number of nitrogens with zero attached hydrogens (tertiary/aromatic N) is 2. The summed E-state index contributed by atoms with van der Waals surface area (Å²) in [5.41, 5.74) is 0. The van der Waals surface area contributed by atoms with E-state index in [2.05, 4.69) is 10.4 Å². The van der Waals surface area contributed by atoms with Crippen molar-refractivity contribution in [3.63, 3.8) is 0 Å². The molecule has 1 aliphatic rings. The second kappa shape index (κ2) is 5.46. The van der Waals surface area contributed by atoms with E-state index in [4.69, 9.17) is 5.41 Å². The standard InChI is InChI=1S/C8H12N2S2/c1-11-8(10-7-9)6-12-4-2-3-5-12/h6H,2-5H2,1H3/b8-6-. The van der Waals surface area contributed by atoms with Crippen molar-refractivity contribution in [2.24, 2.45) is 4.99 Å². The summed E-state index contributed by atoms with van der Waals surface area (Å²) < 4.78 is 0. The van der Waals surface area contributed by atoms with E-state index in [0.29, 0.717) is 10.9 Å². The number of rotatable bonds is 3. The Hall–Kier alpha value is -0.180. The van der Waals surface area contributed by atoms with Gasteiger partial charge in [-0.05, 0) is 19.1 Å². The topological polar surface area (TPSA) is 34.7 Å². The van der Waals surface area contributed by atoms with E-state index < -0.39 is 0 Å². The monoisotopic (exact) mass is 200 g/mol. The van der Waals surface area contributed by atoms with Gasteiger partial charge in [-0.3, -0.25) is 0 Å². The van der Waals surface area contributed by atoms with Gasteiger partial charge in [-0.1, -0.05) is 0 Å². The number of hydrogen-bond acceptors (Lipinski definition) is 2. The SMILES string of the molecule is CS/C(=C\[S+]1CCCC1)N=C=[N-]. The van der Waals surface area contributed by atoms with Gasteiger partial charge < -0.3 is 10.4 Å². The molecule has 0 amide bonds. The molecule has 0 bridgehead atoms. The summed E-state index contributed by atoms with van der Waals surface area (Å²) >= 11 is 1.56. The van der Waals surface area contributed by atoms with Gasteiger partial charge in [0.25, 0.3) is 0 Å². The molecule has 1 fully saturated rings. The average Bonchev–Trinajstić information content (AvgIpc) is 2.56. The largest absolute Gasteiger partial charge is 0.422 e. The quantitative estimate of drug-likeness (QED) is 0.508. The second-order valence-corrected chi connectivity index (χ2v) is 5.48. The van der Waals surface area contributed by atoms with E-state index in [0.717, 1.165) is 5.03 Å². The molecule has 1 aliphatic heterocycles. The highest BCUT2D eigenvalue weighted by molar-refractivity contribution is 8.04. The van der Waals surface area contributed by atoms with Crippen molar-refractivity contribution < 1.29 is 0 Å². The highest BCUT2D eigenvalue weighted by atomic mass is 32.2. The van der Waals surface area contributed by atoms with Crippen molar-refractivity contribution in [1.82, 2.24) is 0 Å². The van der Waals surface area contributed by atoms with Crippen LogP contribution < -0.4 is 0 Å². The Labute approximate surface area is 80.4 Å². The summed E-state index contributed by atoms with van der Waals surface area (Å²) in [4.78, 5) is 3.74. The third-order valence-corrected chi connectivity index (χ3v) is 4.66. The van der Waals surface area contributed by atoms with Crippen molar-refractivity contribution in [3.05, 3.63) is 15.8 Å². The first kappa shape index (κ1) is 9.90. The Kier molecular flexibility index (Phi) is 4.51. The summed E-state index contributed by atoms with van der Waals surface area (Å²) in [5, 5.41) is 11.4. The fourth-order valence-electron chi connectivity index (χ4n) is 1.11. The Bertz CT molecular complexity index is 213. The third-order valence-electron chi connectivity index (χ3n) is 1.70. The van der Waals surface area contributed by atoms with Crippen LogP contribution in [-0.2, 0) is 10.9 Å². The fraction of sp³-hybridized carbons (Fsp3) is 0.625. The van der Waals surface area contributed by atoms with Gasteiger partial charge in [0.15, 0.2) is 0 Å². The first-order valence-electron chi connectivity index (χ1n) is 3.88. The lowest BCUT2D eigenvalue weighted by atomic mass is 10.4. The highest BCUT2D eigenvalue weighted by Gasteiger charge is 2.21. The lowest BCUT2D eigenvalue weighted by molar-refractivity contribution is 0.949. The summed E-state index contributed by atoms with van der Waals surface area (Å²) in [6.45, 7) is 0. The van der Waals surface area contributed by atoms with E-state index in [9.17, 15) is 0 Å². The molecule has 0 spiro atoms. The zero-order valence-corrected chi connectivity index (χ0v) is 8.75. The van der Waals surface area contributed by atoms with Gasteiger partial charge in [-0.25, -0.2) is 0 Å². The molecule has 0 unspecified atom stereocenters. The molecular formula is C8H12N2S2. The van der Waals surface area contributed by atoms with E-state index in [-0.39, 0.29) is 0 Å². The molecule has 1 rings (SSSR count). The van der Waals surface area contributed by atoms with Crippen molar-refractivity contribution in [2.45, 2.75) is 12.8 Å². The molecule has 12 heavy (non-hydrogen) atoms. The average molecular weight is 200 g/mol. The summed E-state index contributed by atoms with van der Waals surface area (Å²) in [5.74, 6) is 2.59. The van der Waals surface area contributed by atoms with Crippen LogP contribution in [0, 0.1) is 0 Å². The molecule has 4 heteroatoms. The van der Waals surface area contributed by atoms with Crippen LogP contribution in [0.4, 0.5) is 0 Å². The van der Waals surface area contributed by atoms with Gasteiger partial charge in [0.05, 0.1) is 0 Å². The van der Waals surface area contributed by atoms with E-state index in [1.165, 1.54) is 24.3 Å². The third kappa shape index (κ3) is 3.05. The van der Waals surface area contributed by atoms with E-state index >= 15 is 0 Å². The molecule has 0 atom stereocenters. The molecule has 0 aromatic heterocycles. The van der Waals surface area contributed by atoms with Gasteiger partial charge in [-0.15, -0.1) is 11.8 Å². The zero-order chi connectivity index (χ0) is 8.81. The first-order valence-corrected chi connectivity index (χ1v) is 6.74. The molecule has 2 nitrogen and oxygen atoms in total. The van der Waals surface area contributed by atoms with Crippen LogP contribution in [0.5, 0.6) is 0 Å². The summed E-state index contributed by atoms with van der Waals surface area (Å²) in [6, 6.07) is 1.83. The van der Waals surface area contributed by atoms with Gasteiger partial charge in [-0.2, -0.15) is 6.01 Å². The van der Waals surface area contributed by atoms with Gasteiger partial charge in [0.1, 0.15) is 16.9 Å². The van der Waals surface area contributed by atoms with Crippen LogP contribution in [0.15, 0.2) is 15.4 Å². The number of thioether (sulfide) groups is 1. The van der Waals surface area contributed by atoms with Crippen LogP contribution in [0.1, 0.15) is 12.8 Å². The maximum Gasteiger partial charge on any atom is 0.129 e. The molecule has 1 heterocycles. The zero-order valence-electron chi connectivity index (χ0n) is 7.12. The Morgan fingerprint density at radius 2 is 2.25 bits per heavy atom. The number of aliphatic imine (C=N–C) groups is 1. The van der Waals surface area contributed by atoms with Crippen molar-refractivity contribution in [3.8, 4) is 0 Å². The van der Waals surface area contributed by atoms with E-state index in [1.54, 1.807) is 11.8 Å². The Balaban J connectivity index is 2.55. The van der Waals surface area contributed by atoms with Crippen molar-refractivity contribution in [2.75, 3.05) is 17.8 Å². The smallest absolute Gasteiger partial charge is 0.129 e. The van der Waals surface area contributed by atoms with Gasteiger partial charge >= 0.3 is 0 Å². The van der Waals surface area contributed by atoms with Crippen LogP contribution in [-0.4, -0.2) is 23.8 Å². The predicted molar refractivity (Wildman–Crippen MR) is 58.7 cm³/mol. The first-order chi connectivity index (χ1) is 5.86. The van der Waals surface area contributed by atoms with Crippen LogP contribution >= 0.6 is 11.8 Å². The summed E-state index contributed by atoms with van der Waals surface area (Å²) in [7, 11) is 0.414. The molecule has 0 saturated carbocycles. The molecule has 1 saturated heterocycles. The lowest BCUT2D eigenvalue weighted by Crippen LogP contribution is -1.98. The second-order valence-electron chi connectivity index (χ2n) is 2.52. The maximum atomic E-state index is 8.37. The van der Waals surface area contributed by atoms with Crippen LogP contribution in [0.2, 0.25) is 0 Å². The minimum absolute atomic E-state index is 0.414. The van der Waals surface area contributed by atoms with Crippen molar-refractivity contribution >= 4 is 28.7 Å². The predicted octanol–water partition coefficient (Wildman–Crippen LogP) is 2.30. The molecule has 0 radical (unpaired) electrons. The molecule has 0 aliphatic carbocycles. The summed E-state index contributed by atoms with van der Waals surface area (Å²) in [6.07, 6.45) is 4.65. The Morgan fingerprint density at radius 1 is 1.58 bits per heavy atom. The lowest BCUT2D eigenvalue weighted by Gasteiger charge is -1.99. The molecular weight excluding hydrogens is 188 g/mol.